The van der Waals surface area contributed by atoms with Crippen LogP contribution in [0.25, 0.3) is 0 Å². The quantitative estimate of drug-likeness (QED) is 0.110. The maximum absolute atomic E-state index is 12.9. The van der Waals surface area contributed by atoms with Crippen LogP contribution in [-0.4, -0.2) is 32.7 Å². The van der Waals surface area contributed by atoms with Crippen molar-refractivity contribution in [2.75, 3.05) is 26.7 Å². The Labute approximate surface area is 214 Å². The summed E-state index contributed by atoms with van der Waals surface area (Å²) in [6.45, 7) is 23.5. The number of hydrogen-bond acceptors (Lipinski definition) is 3. The molecular formula is C31H46N2O2. The van der Waals surface area contributed by atoms with Crippen molar-refractivity contribution >= 4 is 5.91 Å². The third-order valence-corrected chi connectivity index (χ3v) is 5.76. The molecule has 0 aliphatic heterocycles. The number of rotatable bonds is 16. The van der Waals surface area contributed by atoms with E-state index in [0.717, 1.165) is 44.3 Å². The molecule has 0 aromatic rings. The van der Waals surface area contributed by atoms with Crippen molar-refractivity contribution < 1.29 is 9.53 Å². The van der Waals surface area contributed by atoms with E-state index in [1.54, 1.807) is 18.2 Å². The highest BCUT2D eigenvalue weighted by Gasteiger charge is 2.32. The summed E-state index contributed by atoms with van der Waals surface area (Å²) in [6.07, 6.45) is 23.3. The minimum Gasteiger partial charge on any atom is -0.497 e. The molecule has 0 spiro atoms. The molecule has 0 aromatic heterocycles. The molecular weight excluding hydrogens is 432 g/mol. The van der Waals surface area contributed by atoms with Gasteiger partial charge in [-0.1, -0.05) is 102 Å². The van der Waals surface area contributed by atoms with Crippen LogP contribution >= 0.6 is 0 Å². The van der Waals surface area contributed by atoms with Crippen LogP contribution in [0.3, 0.4) is 0 Å². The fourth-order valence-corrected chi connectivity index (χ4v) is 3.71. The zero-order valence-corrected chi connectivity index (χ0v) is 22.4. The maximum Gasteiger partial charge on any atom is 0.255 e. The second-order valence-electron chi connectivity index (χ2n) is 7.98. The molecule has 0 radical (unpaired) electrons. The van der Waals surface area contributed by atoms with Crippen molar-refractivity contribution in [3.8, 4) is 0 Å². The van der Waals surface area contributed by atoms with Gasteiger partial charge < -0.3 is 15.4 Å². The predicted molar refractivity (Wildman–Crippen MR) is 153 cm³/mol. The topological polar surface area (TPSA) is 50.4 Å². The van der Waals surface area contributed by atoms with Crippen LogP contribution in [0.2, 0.25) is 0 Å². The lowest BCUT2D eigenvalue weighted by Crippen LogP contribution is -2.39. The van der Waals surface area contributed by atoms with Gasteiger partial charge in [0.1, 0.15) is 5.76 Å². The van der Waals surface area contributed by atoms with Crippen LogP contribution in [0.5, 0.6) is 0 Å². The van der Waals surface area contributed by atoms with Crippen molar-refractivity contribution in [1.82, 2.24) is 10.6 Å². The third kappa shape index (κ3) is 11.7. The van der Waals surface area contributed by atoms with Gasteiger partial charge in [0.2, 0.25) is 0 Å². The fraction of sp³-hybridized carbons (Fsp3) is 0.387. The normalized spacial score (nSPS) is 14.6. The molecule has 1 amide bonds. The summed E-state index contributed by atoms with van der Waals surface area (Å²) in [4.78, 5) is 12.9. The molecule has 4 heteroatoms. The first-order valence-electron chi connectivity index (χ1n) is 12.5. The molecule has 0 aromatic carbocycles. The van der Waals surface area contributed by atoms with Crippen LogP contribution < -0.4 is 10.6 Å². The number of methoxy groups -OCH3 is 1. The van der Waals surface area contributed by atoms with E-state index in [2.05, 4.69) is 74.3 Å². The molecule has 1 unspecified atom stereocenters. The van der Waals surface area contributed by atoms with Gasteiger partial charge in [-0.3, -0.25) is 4.79 Å². The summed E-state index contributed by atoms with van der Waals surface area (Å²) < 4.78 is 5.18. The Morgan fingerprint density at radius 2 is 1.94 bits per heavy atom. The minimum absolute atomic E-state index is 0.185. The first-order chi connectivity index (χ1) is 16.9. The highest BCUT2D eigenvalue weighted by Crippen LogP contribution is 2.37. The monoisotopic (exact) mass is 478 g/mol. The number of allylic oxidation sites excluding steroid dienone is 9. The highest BCUT2D eigenvalue weighted by atomic mass is 16.5. The van der Waals surface area contributed by atoms with E-state index < -0.39 is 0 Å². The number of carbonyl (C=O) groups is 1. The Hall–Kier alpha value is -3.11. The Morgan fingerprint density at radius 1 is 1.20 bits per heavy atom. The number of ether oxygens (including phenoxy) is 1. The van der Waals surface area contributed by atoms with Crippen molar-refractivity contribution in [1.29, 1.82) is 0 Å². The summed E-state index contributed by atoms with van der Waals surface area (Å²) in [7, 11) is 1.51. The summed E-state index contributed by atoms with van der Waals surface area (Å²) in [5, 5.41) is 6.58. The van der Waals surface area contributed by atoms with Crippen LogP contribution in [0.1, 0.15) is 46.5 Å². The van der Waals surface area contributed by atoms with E-state index in [-0.39, 0.29) is 11.3 Å². The van der Waals surface area contributed by atoms with Gasteiger partial charge in [-0.05, 0) is 49.5 Å². The van der Waals surface area contributed by atoms with Gasteiger partial charge in [0.05, 0.1) is 12.7 Å². The molecule has 0 saturated carbocycles. The summed E-state index contributed by atoms with van der Waals surface area (Å²) >= 11 is 0. The van der Waals surface area contributed by atoms with Gasteiger partial charge in [0.15, 0.2) is 0 Å². The van der Waals surface area contributed by atoms with E-state index >= 15 is 0 Å². The molecule has 4 nitrogen and oxygen atoms in total. The maximum atomic E-state index is 12.9. The van der Waals surface area contributed by atoms with Gasteiger partial charge in [-0.15, -0.1) is 0 Å². The van der Waals surface area contributed by atoms with Gasteiger partial charge in [-0.2, -0.15) is 0 Å². The molecule has 1 aliphatic carbocycles. The average molecular weight is 479 g/mol. The molecule has 192 valence electrons. The number of hydrogen-bond donors (Lipinski definition) is 2. The van der Waals surface area contributed by atoms with Crippen LogP contribution in [0, 0.1) is 5.41 Å². The third-order valence-electron chi connectivity index (χ3n) is 5.76. The Balaban J connectivity index is 0.00000562. The lowest BCUT2D eigenvalue weighted by atomic mass is 9.73. The van der Waals surface area contributed by atoms with Crippen molar-refractivity contribution in [3.05, 3.63) is 110 Å². The number of amides is 1. The fourth-order valence-electron chi connectivity index (χ4n) is 3.71. The molecule has 0 fully saturated rings. The van der Waals surface area contributed by atoms with E-state index in [0.29, 0.717) is 17.9 Å². The molecule has 0 heterocycles. The molecule has 0 saturated heterocycles. The summed E-state index contributed by atoms with van der Waals surface area (Å²) in [6, 6.07) is 0. The zero-order chi connectivity index (χ0) is 26.5. The van der Waals surface area contributed by atoms with Crippen LogP contribution in [-0.2, 0) is 9.53 Å². The first-order valence-corrected chi connectivity index (χ1v) is 12.5. The van der Waals surface area contributed by atoms with Gasteiger partial charge in [0, 0.05) is 18.5 Å². The van der Waals surface area contributed by atoms with E-state index in [4.69, 9.17) is 4.74 Å². The SMILES string of the molecule is C=C/C=C\C(=C)CNCCCC(CC)(CNC(=O)/C(=C/C=C)C(=C)OC)C1=CC=CCC=C1.CC. The van der Waals surface area contributed by atoms with Gasteiger partial charge in [-0.25, -0.2) is 0 Å². The standard InChI is InChI=1S/C29H40N2O2.C2H6/c1-7-10-17-24(4)22-30-21-15-20-29(9-3,26-18-13-11-12-14-19-26)23-31-28(32)27(16-8-2)25(5)33-6;1-2/h7-8,10-11,13-14,16-19,30H,1-2,4-5,9,12,15,20-23H2,3,6H3,(H,31,32);1-2H3/b17-10-,27-16+;. The van der Waals surface area contributed by atoms with E-state index in [1.165, 1.54) is 12.7 Å². The number of nitrogens with one attached hydrogen (secondary N) is 2. The number of carbonyl (C=O) groups excluding carboxylic acids is 1. The Kier molecular flexibility index (Phi) is 17.5. The second-order valence-corrected chi connectivity index (χ2v) is 7.98. The molecule has 2 N–H and O–H groups in total. The smallest absolute Gasteiger partial charge is 0.255 e. The summed E-state index contributed by atoms with van der Waals surface area (Å²) in [5.41, 5.74) is 2.45. The first kappa shape index (κ1) is 31.9. The van der Waals surface area contributed by atoms with Crippen LogP contribution in [0.4, 0.5) is 0 Å². The largest absolute Gasteiger partial charge is 0.497 e. The lowest BCUT2D eigenvalue weighted by molar-refractivity contribution is -0.118. The molecule has 0 bridgehead atoms. The highest BCUT2D eigenvalue weighted by molar-refractivity contribution is 5.97. The predicted octanol–water partition coefficient (Wildman–Crippen LogP) is 6.91. The minimum atomic E-state index is -0.211. The van der Waals surface area contributed by atoms with Crippen LogP contribution in [0.15, 0.2) is 110 Å². The average Bonchev–Trinajstić information content (AvgIpc) is 3.18. The molecule has 1 rings (SSSR count). The van der Waals surface area contributed by atoms with E-state index in [1.807, 2.05) is 26.0 Å². The van der Waals surface area contributed by atoms with Crippen molar-refractivity contribution in [2.45, 2.75) is 46.5 Å². The zero-order valence-electron chi connectivity index (χ0n) is 22.4. The van der Waals surface area contributed by atoms with Crippen molar-refractivity contribution in [2.24, 2.45) is 5.41 Å². The summed E-state index contributed by atoms with van der Waals surface area (Å²) in [5.74, 6) is 0.109. The molecule has 1 atom stereocenters. The second kappa shape index (κ2) is 19.2. The lowest BCUT2D eigenvalue weighted by Gasteiger charge is -2.35. The molecule has 1 aliphatic rings. The van der Waals surface area contributed by atoms with Crippen molar-refractivity contribution in [3.63, 3.8) is 0 Å². The van der Waals surface area contributed by atoms with Gasteiger partial charge >= 0.3 is 0 Å². The van der Waals surface area contributed by atoms with E-state index in [9.17, 15) is 4.79 Å². The molecule has 35 heavy (non-hydrogen) atoms. The Bertz CT molecular complexity index is 855. The van der Waals surface area contributed by atoms with Gasteiger partial charge in [0.25, 0.3) is 5.91 Å². The Morgan fingerprint density at radius 3 is 2.57 bits per heavy atom.